The fraction of sp³-hybridized carbons (Fsp3) is 0.333. The molecule has 0 radical (unpaired) electrons. The van der Waals surface area contributed by atoms with E-state index in [1.165, 1.54) is 7.11 Å². The van der Waals surface area contributed by atoms with Crippen molar-refractivity contribution >= 4 is 22.8 Å². The number of rotatable bonds is 3. The number of benzene rings is 1. The van der Waals surface area contributed by atoms with Gasteiger partial charge in [-0.3, -0.25) is 4.84 Å². The fourth-order valence-electron chi connectivity index (χ4n) is 1.63. The SMILES string of the molecule is CONC(=O)Nc1ccc2nc(C(C)C)[nH]c2c1. The van der Waals surface area contributed by atoms with Crippen LogP contribution in [0, 0.1) is 0 Å². The van der Waals surface area contributed by atoms with Gasteiger partial charge in [0.15, 0.2) is 0 Å². The zero-order valence-electron chi connectivity index (χ0n) is 10.6. The van der Waals surface area contributed by atoms with Crippen LogP contribution in [-0.2, 0) is 4.84 Å². The number of aromatic amines is 1. The summed E-state index contributed by atoms with van der Waals surface area (Å²) < 4.78 is 0. The van der Waals surface area contributed by atoms with Gasteiger partial charge in [0.05, 0.1) is 18.1 Å². The largest absolute Gasteiger partial charge is 0.343 e. The third kappa shape index (κ3) is 2.60. The Labute approximate surface area is 105 Å². The summed E-state index contributed by atoms with van der Waals surface area (Å²) in [7, 11) is 1.38. The maximum absolute atomic E-state index is 11.3. The number of nitrogens with one attached hydrogen (secondary N) is 3. The first-order chi connectivity index (χ1) is 8.60. The minimum Gasteiger partial charge on any atom is -0.342 e. The molecule has 2 amide bonds. The number of carbonyl (C=O) groups is 1. The van der Waals surface area contributed by atoms with E-state index in [0.717, 1.165) is 16.9 Å². The van der Waals surface area contributed by atoms with Crippen LogP contribution in [0.1, 0.15) is 25.6 Å². The van der Waals surface area contributed by atoms with E-state index < -0.39 is 6.03 Å². The van der Waals surface area contributed by atoms with Crippen LogP contribution in [0.3, 0.4) is 0 Å². The van der Waals surface area contributed by atoms with Crippen molar-refractivity contribution in [2.24, 2.45) is 0 Å². The number of hydrogen-bond donors (Lipinski definition) is 3. The number of fused-ring (bicyclic) bond motifs is 1. The van der Waals surface area contributed by atoms with Crippen LogP contribution in [0.25, 0.3) is 11.0 Å². The summed E-state index contributed by atoms with van der Waals surface area (Å²) in [5.41, 5.74) is 4.65. The molecular weight excluding hydrogens is 232 g/mol. The topological polar surface area (TPSA) is 79.0 Å². The number of H-pyrrole nitrogens is 1. The molecule has 0 aliphatic heterocycles. The van der Waals surface area contributed by atoms with Crippen LogP contribution in [0.4, 0.5) is 10.5 Å². The second-order valence-electron chi connectivity index (χ2n) is 4.27. The highest BCUT2D eigenvalue weighted by molar-refractivity contribution is 5.91. The fourth-order valence-corrected chi connectivity index (χ4v) is 1.63. The number of anilines is 1. The Bertz CT molecular complexity index is 562. The molecule has 0 unspecified atom stereocenters. The van der Waals surface area contributed by atoms with E-state index in [9.17, 15) is 4.79 Å². The van der Waals surface area contributed by atoms with Gasteiger partial charge in [-0.1, -0.05) is 13.8 Å². The molecule has 0 saturated heterocycles. The van der Waals surface area contributed by atoms with Crippen LogP contribution in [0.2, 0.25) is 0 Å². The Morgan fingerprint density at radius 3 is 2.89 bits per heavy atom. The summed E-state index contributed by atoms with van der Waals surface area (Å²) >= 11 is 0. The minimum atomic E-state index is -0.416. The predicted octanol–water partition coefficient (Wildman–Crippen LogP) is 2.37. The van der Waals surface area contributed by atoms with E-state index >= 15 is 0 Å². The molecule has 0 atom stereocenters. The number of imidazole rings is 1. The monoisotopic (exact) mass is 248 g/mol. The van der Waals surface area contributed by atoms with Crippen molar-refractivity contribution in [3.05, 3.63) is 24.0 Å². The van der Waals surface area contributed by atoms with Crippen LogP contribution in [-0.4, -0.2) is 23.1 Å². The summed E-state index contributed by atoms with van der Waals surface area (Å²) in [5.74, 6) is 1.27. The quantitative estimate of drug-likeness (QED) is 0.729. The molecule has 0 saturated carbocycles. The lowest BCUT2D eigenvalue weighted by Crippen LogP contribution is -2.27. The molecule has 2 aromatic rings. The lowest BCUT2D eigenvalue weighted by molar-refractivity contribution is 0.114. The normalized spacial score (nSPS) is 10.9. The first-order valence-electron chi connectivity index (χ1n) is 5.70. The maximum Gasteiger partial charge on any atom is 0.343 e. The van der Waals surface area contributed by atoms with Crippen molar-refractivity contribution in [3.63, 3.8) is 0 Å². The molecule has 2 rings (SSSR count). The smallest absolute Gasteiger partial charge is 0.342 e. The summed E-state index contributed by atoms with van der Waals surface area (Å²) in [6.45, 7) is 4.14. The molecule has 1 aromatic heterocycles. The Kier molecular flexibility index (Phi) is 3.47. The summed E-state index contributed by atoms with van der Waals surface area (Å²) in [6.07, 6.45) is 0. The van der Waals surface area contributed by atoms with Gasteiger partial charge in [0, 0.05) is 11.6 Å². The van der Waals surface area contributed by atoms with Crippen LogP contribution in [0.15, 0.2) is 18.2 Å². The second-order valence-corrected chi connectivity index (χ2v) is 4.27. The Hall–Kier alpha value is -2.08. The lowest BCUT2D eigenvalue weighted by atomic mass is 10.2. The number of aromatic nitrogens is 2. The van der Waals surface area contributed by atoms with Crippen LogP contribution in [0.5, 0.6) is 0 Å². The number of nitrogens with zero attached hydrogens (tertiary/aromatic N) is 1. The maximum atomic E-state index is 11.3. The number of amides is 2. The van der Waals surface area contributed by atoms with Crippen molar-refractivity contribution in [2.45, 2.75) is 19.8 Å². The number of hydroxylamine groups is 1. The van der Waals surface area contributed by atoms with Crippen molar-refractivity contribution in [2.75, 3.05) is 12.4 Å². The van der Waals surface area contributed by atoms with Gasteiger partial charge in [-0.05, 0) is 18.2 Å². The first-order valence-corrected chi connectivity index (χ1v) is 5.70. The number of hydrogen-bond acceptors (Lipinski definition) is 3. The molecule has 0 fully saturated rings. The van der Waals surface area contributed by atoms with Gasteiger partial charge in [-0.15, -0.1) is 0 Å². The van der Waals surface area contributed by atoms with Crippen LogP contribution < -0.4 is 10.8 Å². The highest BCUT2D eigenvalue weighted by atomic mass is 16.6. The number of carbonyl (C=O) groups excluding carboxylic acids is 1. The average Bonchev–Trinajstić information content (AvgIpc) is 2.72. The first kappa shape index (κ1) is 12.4. The highest BCUT2D eigenvalue weighted by Crippen LogP contribution is 2.20. The molecule has 3 N–H and O–H groups in total. The van der Waals surface area contributed by atoms with Crippen molar-refractivity contribution in [1.29, 1.82) is 0 Å². The standard InChI is InChI=1S/C12H16N4O2/c1-7(2)11-14-9-5-4-8(6-10(9)15-11)13-12(17)16-18-3/h4-7H,1-3H3,(H,14,15)(H2,13,16,17). The van der Waals surface area contributed by atoms with E-state index in [1.807, 2.05) is 12.1 Å². The summed E-state index contributed by atoms with van der Waals surface area (Å²) in [4.78, 5) is 23.5. The van der Waals surface area contributed by atoms with Gasteiger partial charge in [0.2, 0.25) is 0 Å². The van der Waals surface area contributed by atoms with Gasteiger partial charge in [0.25, 0.3) is 0 Å². The van der Waals surface area contributed by atoms with Gasteiger partial charge >= 0.3 is 6.03 Å². The molecule has 18 heavy (non-hydrogen) atoms. The van der Waals surface area contributed by atoms with Gasteiger partial charge in [-0.25, -0.2) is 15.3 Å². The molecule has 1 aromatic carbocycles. The third-order valence-corrected chi connectivity index (χ3v) is 2.50. The molecule has 0 aliphatic carbocycles. The molecule has 6 nitrogen and oxygen atoms in total. The molecule has 0 spiro atoms. The highest BCUT2D eigenvalue weighted by Gasteiger charge is 2.07. The van der Waals surface area contributed by atoms with Crippen molar-refractivity contribution in [3.8, 4) is 0 Å². The van der Waals surface area contributed by atoms with E-state index in [0.29, 0.717) is 11.6 Å². The molecule has 1 heterocycles. The molecule has 96 valence electrons. The Balaban J connectivity index is 2.24. The third-order valence-electron chi connectivity index (χ3n) is 2.50. The van der Waals surface area contributed by atoms with Crippen LogP contribution >= 0.6 is 0 Å². The van der Waals surface area contributed by atoms with Gasteiger partial charge in [-0.2, -0.15) is 0 Å². The van der Waals surface area contributed by atoms with Gasteiger partial charge in [0.1, 0.15) is 5.82 Å². The molecular formula is C12H16N4O2. The van der Waals surface area contributed by atoms with Crippen molar-refractivity contribution in [1.82, 2.24) is 15.4 Å². The molecule has 6 heteroatoms. The van der Waals surface area contributed by atoms with Crippen molar-refractivity contribution < 1.29 is 9.63 Å². The Morgan fingerprint density at radius 1 is 1.44 bits per heavy atom. The van der Waals surface area contributed by atoms with E-state index in [2.05, 4.69) is 39.4 Å². The molecule has 0 bridgehead atoms. The minimum absolute atomic E-state index is 0.339. The van der Waals surface area contributed by atoms with E-state index in [4.69, 9.17) is 0 Å². The summed E-state index contributed by atoms with van der Waals surface area (Å²) in [5, 5.41) is 2.65. The summed E-state index contributed by atoms with van der Waals surface area (Å²) in [6, 6.07) is 5.08. The van der Waals surface area contributed by atoms with E-state index in [-0.39, 0.29) is 0 Å². The van der Waals surface area contributed by atoms with Gasteiger partial charge < -0.3 is 10.3 Å². The zero-order valence-corrected chi connectivity index (χ0v) is 10.6. The predicted molar refractivity (Wildman–Crippen MR) is 69.3 cm³/mol. The van der Waals surface area contributed by atoms with E-state index in [1.54, 1.807) is 6.07 Å². The Morgan fingerprint density at radius 2 is 2.22 bits per heavy atom. The second kappa shape index (κ2) is 5.05. The zero-order chi connectivity index (χ0) is 13.1. The average molecular weight is 248 g/mol. The lowest BCUT2D eigenvalue weighted by Gasteiger charge is -2.04. The number of urea groups is 1. The molecule has 0 aliphatic rings.